The number of nitrogens with one attached hydrogen (secondary N) is 1. The number of nitrogens with zero attached hydrogens (tertiary/aromatic N) is 2. The summed E-state index contributed by atoms with van der Waals surface area (Å²) in [6.07, 6.45) is -12.4. The smallest absolute Gasteiger partial charge is 0.263 e. The zero-order chi connectivity index (χ0) is 18.5. The second-order valence-electron chi connectivity index (χ2n) is 4.00. The van der Waals surface area contributed by atoms with Crippen LogP contribution in [-0.4, -0.2) is 41.8 Å². The van der Waals surface area contributed by atoms with E-state index in [1.54, 1.807) is 0 Å². The summed E-state index contributed by atoms with van der Waals surface area (Å²) < 4.78 is 138. The van der Waals surface area contributed by atoms with Gasteiger partial charge >= 0.3 is 34.3 Å². The van der Waals surface area contributed by atoms with E-state index in [-0.39, 0.29) is 0 Å². The lowest BCUT2D eigenvalue weighted by Gasteiger charge is -2.31. The minimum atomic E-state index is -6.43. The van der Waals surface area contributed by atoms with Crippen LogP contribution in [-0.2, 0) is 20.8 Å². The molecule has 0 radical (unpaired) electrons. The molecule has 0 spiro atoms. The highest BCUT2D eigenvalue weighted by molar-refractivity contribution is 7.86. The number of aromatic nitrogens is 3. The number of halogens is 9. The number of alkyl halides is 8. The average molecular weight is 381 g/mol. The Morgan fingerprint density at radius 2 is 1.52 bits per heavy atom. The first kappa shape index (κ1) is 19.5. The SMILES string of the molecule is CC(F)(F)C(F)(F)OC(F)(c1nc(S(=O)(=O)F)n[nH]1)C(F)(F)F. The third-order valence-electron chi connectivity index (χ3n) is 2.13. The third-order valence-corrected chi connectivity index (χ3v) is 2.75. The molecule has 0 aliphatic heterocycles. The van der Waals surface area contributed by atoms with Crippen molar-refractivity contribution < 1.29 is 52.2 Å². The molecule has 1 atom stereocenters. The molecule has 0 saturated heterocycles. The molecule has 1 aromatic rings. The van der Waals surface area contributed by atoms with Crippen LogP contribution in [0.5, 0.6) is 0 Å². The van der Waals surface area contributed by atoms with Crippen LogP contribution in [0.15, 0.2) is 5.16 Å². The average Bonchev–Trinajstić information content (AvgIpc) is 2.73. The van der Waals surface area contributed by atoms with Crippen LogP contribution in [0.4, 0.5) is 39.0 Å². The minimum absolute atomic E-state index is 0.568. The maximum absolute atomic E-state index is 13.8. The van der Waals surface area contributed by atoms with Crippen LogP contribution >= 0.6 is 0 Å². The van der Waals surface area contributed by atoms with Crippen molar-refractivity contribution in [2.24, 2.45) is 0 Å². The van der Waals surface area contributed by atoms with Crippen molar-refractivity contribution in [2.45, 2.75) is 36.1 Å². The molecule has 0 aliphatic carbocycles. The standard InChI is InChI=1S/C7H4F9N3O3S/c1-4(8,9)7(14,15)22-5(10,6(11,12)13)2-17-3(19-18-2)23(16,20)21/h1H3,(H,17,18,19). The molecular weight excluding hydrogens is 377 g/mol. The second kappa shape index (κ2) is 5.22. The summed E-state index contributed by atoms with van der Waals surface area (Å²) >= 11 is 0. The summed E-state index contributed by atoms with van der Waals surface area (Å²) in [5.74, 6) is -13.4. The summed E-state index contributed by atoms with van der Waals surface area (Å²) in [4.78, 5) is 2.16. The van der Waals surface area contributed by atoms with Gasteiger partial charge in [-0.25, -0.2) is 0 Å². The zero-order valence-electron chi connectivity index (χ0n) is 10.4. The van der Waals surface area contributed by atoms with E-state index in [0.717, 1.165) is 5.10 Å². The van der Waals surface area contributed by atoms with Gasteiger partial charge in [-0.1, -0.05) is 3.89 Å². The fourth-order valence-electron chi connectivity index (χ4n) is 1.01. The maximum atomic E-state index is 13.8. The Hall–Kier alpha value is -1.58. The molecule has 134 valence electrons. The highest BCUT2D eigenvalue weighted by Gasteiger charge is 2.69. The van der Waals surface area contributed by atoms with Gasteiger partial charge in [0.1, 0.15) is 0 Å². The van der Waals surface area contributed by atoms with Crippen LogP contribution < -0.4 is 0 Å². The summed E-state index contributed by atoms with van der Waals surface area (Å²) in [6, 6.07) is 0. The molecule has 1 unspecified atom stereocenters. The van der Waals surface area contributed by atoms with Gasteiger partial charge in [0.05, 0.1) is 0 Å². The van der Waals surface area contributed by atoms with E-state index >= 15 is 0 Å². The number of H-pyrrole nitrogens is 1. The Balaban J connectivity index is 3.44. The first-order chi connectivity index (χ1) is 9.92. The highest BCUT2D eigenvalue weighted by atomic mass is 32.3. The monoisotopic (exact) mass is 381 g/mol. The molecule has 0 saturated carbocycles. The number of hydrogen-bond donors (Lipinski definition) is 1. The lowest BCUT2D eigenvalue weighted by molar-refractivity contribution is -0.456. The first-order valence-electron chi connectivity index (χ1n) is 5.01. The van der Waals surface area contributed by atoms with Crippen molar-refractivity contribution in [1.29, 1.82) is 0 Å². The van der Waals surface area contributed by atoms with Crippen molar-refractivity contribution in [3.8, 4) is 0 Å². The summed E-state index contributed by atoms with van der Waals surface area (Å²) in [5, 5.41) is 1.12. The molecule has 1 N–H and O–H groups in total. The lowest BCUT2D eigenvalue weighted by atomic mass is 10.2. The Bertz CT molecular complexity index is 679. The molecule has 0 amide bonds. The summed E-state index contributed by atoms with van der Waals surface area (Å²) in [7, 11) is -5.84. The molecule has 0 fully saturated rings. The van der Waals surface area contributed by atoms with Crippen molar-refractivity contribution in [1.82, 2.24) is 15.2 Å². The minimum Gasteiger partial charge on any atom is -0.263 e. The Kier molecular flexibility index (Phi) is 4.42. The predicted molar refractivity (Wildman–Crippen MR) is 50.2 cm³/mol. The Morgan fingerprint density at radius 1 is 1.04 bits per heavy atom. The molecule has 0 aliphatic rings. The van der Waals surface area contributed by atoms with Gasteiger partial charge in [-0.15, -0.1) is 5.10 Å². The molecule has 1 aromatic heterocycles. The van der Waals surface area contributed by atoms with Gasteiger partial charge in [0.15, 0.2) is 0 Å². The van der Waals surface area contributed by atoms with Crippen LogP contribution in [0.25, 0.3) is 0 Å². The van der Waals surface area contributed by atoms with Gasteiger partial charge in [-0.3, -0.25) is 9.84 Å². The Morgan fingerprint density at radius 3 is 1.83 bits per heavy atom. The van der Waals surface area contributed by atoms with Gasteiger partial charge in [-0.05, 0) is 0 Å². The van der Waals surface area contributed by atoms with Crippen LogP contribution in [0.2, 0.25) is 0 Å². The predicted octanol–water partition coefficient (Wildman–Crippen LogP) is 2.41. The third kappa shape index (κ3) is 3.67. The van der Waals surface area contributed by atoms with Crippen molar-refractivity contribution in [3.63, 3.8) is 0 Å². The van der Waals surface area contributed by atoms with Gasteiger partial charge in [0.25, 0.3) is 5.16 Å². The molecule has 0 bridgehead atoms. The van der Waals surface area contributed by atoms with Crippen LogP contribution in [0.1, 0.15) is 12.7 Å². The van der Waals surface area contributed by atoms with Crippen molar-refractivity contribution in [2.75, 3.05) is 0 Å². The van der Waals surface area contributed by atoms with E-state index in [2.05, 4.69) is 14.8 Å². The second-order valence-corrected chi connectivity index (χ2v) is 5.25. The topological polar surface area (TPSA) is 84.9 Å². The van der Waals surface area contributed by atoms with E-state index in [1.165, 1.54) is 0 Å². The molecule has 23 heavy (non-hydrogen) atoms. The van der Waals surface area contributed by atoms with E-state index in [1.807, 2.05) is 0 Å². The van der Waals surface area contributed by atoms with E-state index < -0.39 is 52.2 Å². The normalized spacial score (nSPS) is 17.1. The molecule has 0 aromatic carbocycles. The molecule has 16 heteroatoms. The largest absolute Gasteiger partial charge is 0.456 e. The van der Waals surface area contributed by atoms with Gasteiger partial charge in [0.2, 0.25) is 5.82 Å². The van der Waals surface area contributed by atoms with Gasteiger partial charge in [0, 0.05) is 6.92 Å². The molecule has 6 nitrogen and oxygen atoms in total. The molecule has 1 rings (SSSR count). The molecular formula is C7H4F9N3O3S. The van der Waals surface area contributed by atoms with Crippen molar-refractivity contribution >= 4 is 10.2 Å². The fraction of sp³-hybridized carbons (Fsp3) is 0.714. The number of aromatic amines is 1. The van der Waals surface area contributed by atoms with E-state index in [9.17, 15) is 47.4 Å². The highest BCUT2D eigenvalue weighted by Crippen LogP contribution is 2.48. The summed E-state index contributed by atoms with van der Waals surface area (Å²) in [5.41, 5.74) is 0. The number of hydrogen-bond acceptors (Lipinski definition) is 5. The summed E-state index contributed by atoms with van der Waals surface area (Å²) in [6.45, 7) is -0.568. The first-order valence-corrected chi connectivity index (χ1v) is 6.39. The van der Waals surface area contributed by atoms with E-state index in [0.29, 0.717) is 0 Å². The Labute approximate surface area is 120 Å². The molecule has 1 heterocycles. The zero-order valence-corrected chi connectivity index (χ0v) is 11.2. The maximum Gasteiger partial charge on any atom is 0.456 e. The van der Waals surface area contributed by atoms with E-state index in [4.69, 9.17) is 0 Å². The van der Waals surface area contributed by atoms with Crippen LogP contribution in [0, 0.1) is 0 Å². The lowest BCUT2D eigenvalue weighted by Crippen LogP contribution is -2.52. The van der Waals surface area contributed by atoms with Gasteiger partial charge in [-0.2, -0.15) is 48.5 Å². The number of rotatable bonds is 5. The van der Waals surface area contributed by atoms with Gasteiger partial charge < -0.3 is 0 Å². The van der Waals surface area contributed by atoms with Crippen LogP contribution in [0.3, 0.4) is 0 Å². The number of ether oxygens (including phenoxy) is 1. The fourth-order valence-corrected chi connectivity index (χ4v) is 1.36. The quantitative estimate of drug-likeness (QED) is 0.626. The van der Waals surface area contributed by atoms with Crippen molar-refractivity contribution in [3.05, 3.63) is 5.82 Å².